The number of carbonyl (C=O) groups is 1. The highest BCUT2D eigenvalue weighted by molar-refractivity contribution is 6.18. The highest BCUT2D eigenvalue weighted by atomic mass is 16.5. The minimum Gasteiger partial charge on any atom is -0.491 e. The van der Waals surface area contributed by atoms with E-state index in [2.05, 4.69) is 44.2 Å². The number of aliphatic imine (C=N–C) groups is 1. The van der Waals surface area contributed by atoms with Crippen molar-refractivity contribution in [3.8, 4) is 0 Å². The van der Waals surface area contributed by atoms with Gasteiger partial charge < -0.3 is 19.1 Å². The second-order valence-electron chi connectivity index (χ2n) is 10.9. The monoisotopic (exact) mass is 510 g/mol. The van der Waals surface area contributed by atoms with Crippen molar-refractivity contribution in [2.75, 3.05) is 27.4 Å². The van der Waals surface area contributed by atoms with Gasteiger partial charge in [-0.05, 0) is 48.2 Å². The molecule has 7 heteroatoms. The standard InChI is InChI=1S/C30H42N2O5/c1-8-19(2)26(21-11-9-12-25(27(21)31-6)37-16-10-15-36-7)23-17-24(33)22(29(34)35)18-32(23)28-20(3)13-14-30(28,4)5/h9,11-12,17-20,28H,8,10,13-16H2,1-7H3,(H,34,35)/b26-21+,31-27+. The van der Waals surface area contributed by atoms with E-state index in [-0.39, 0.29) is 22.9 Å². The molecule has 2 aliphatic carbocycles. The number of hydrogen-bond donors (Lipinski definition) is 1. The normalized spacial score (nSPS) is 24.2. The molecule has 0 aromatic carbocycles. The Hall–Kier alpha value is -2.93. The first-order valence-electron chi connectivity index (χ1n) is 13.3. The molecule has 2 aliphatic rings. The Bertz CT molecular complexity index is 1180. The summed E-state index contributed by atoms with van der Waals surface area (Å²) in [5.74, 6) is -0.0932. The van der Waals surface area contributed by atoms with Gasteiger partial charge in [0.25, 0.3) is 0 Å². The Morgan fingerprint density at radius 2 is 2.05 bits per heavy atom. The molecule has 1 N–H and O–H groups in total. The van der Waals surface area contributed by atoms with Crippen molar-refractivity contribution in [2.45, 2.75) is 66.3 Å². The van der Waals surface area contributed by atoms with E-state index in [1.54, 1.807) is 20.4 Å². The van der Waals surface area contributed by atoms with Crippen LogP contribution in [0.15, 0.2) is 51.6 Å². The number of nitrogens with zero attached hydrogens (tertiary/aromatic N) is 2. The molecule has 1 heterocycles. The van der Waals surface area contributed by atoms with E-state index in [9.17, 15) is 14.7 Å². The first-order chi connectivity index (χ1) is 17.6. The van der Waals surface area contributed by atoms with Crippen molar-refractivity contribution >= 4 is 17.3 Å². The van der Waals surface area contributed by atoms with Gasteiger partial charge in [0.2, 0.25) is 0 Å². The van der Waals surface area contributed by atoms with Crippen LogP contribution in [-0.4, -0.2) is 48.7 Å². The van der Waals surface area contributed by atoms with Gasteiger partial charge in [0.15, 0.2) is 5.43 Å². The fourth-order valence-corrected chi connectivity index (χ4v) is 5.81. The fraction of sp³-hybridized carbons (Fsp3) is 0.567. The second kappa shape index (κ2) is 12.1. The minimum absolute atomic E-state index is 0.0516. The number of aromatic carboxylic acids is 1. The zero-order chi connectivity index (χ0) is 27.3. The fourth-order valence-electron chi connectivity index (χ4n) is 5.81. The summed E-state index contributed by atoms with van der Waals surface area (Å²) in [7, 11) is 3.42. The van der Waals surface area contributed by atoms with Crippen molar-refractivity contribution in [1.82, 2.24) is 4.57 Å². The molecule has 1 saturated carbocycles. The van der Waals surface area contributed by atoms with Gasteiger partial charge in [0.1, 0.15) is 17.0 Å². The van der Waals surface area contributed by atoms with Crippen LogP contribution < -0.4 is 5.43 Å². The lowest BCUT2D eigenvalue weighted by atomic mass is 9.82. The first-order valence-corrected chi connectivity index (χ1v) is 13.3. The molecule has 3 atom stereocenters. The SMILES string of the molecule is CCC(C)/C(=C1/C=CC=C(OCCCOC)/C1=N/C)c1cc(=O)c(C(=O)O)cn1C1C(C)CCC1(C)C. The number of rotatable bonds is 10. The molecular weight excluding hydrogens is 468 g/mol. The molecular formula is C30H42N2O5. The molecule has 7 nitrogen and oxygen atoms in total. The molecule has 202 valence electrons. The summed E-state index contributed by atoms with van der Waals surface area (Å²) in [5, 5.41) is 9.81. The summed E-state index contributed by atoms with van der Waals surface area (Å²) in [4.78, 5) is 29.7. The van der Waals surface area contributed by atoms with Gasteiger partial charge in [-0.25, -0.2) is 4.79 Å². The Balaban J connectivity index is 2.28. The molecule has 0 bridgehead atoms. The van der Waals surface area contributed by atoms with E-state index in [1.807, 2.05) is 18.2 Å². The van der Waals surface area contributed by atoms with Gasteiger partial charge >= 0.3 is 5.97 Å². The average Bonchev–Trinajstić information content (AvgIpc) is 3.13. The summed E-state index contributed by atoms with van der Waals surface area (Å²) in [6, 6.07) is 1.58. The van der Waals surface area contributed by atoms with Crippen LogP contribution in [0.5, 0.6) is 0 Å². The Labute approximate surface area is 220 Å². The maximum atomic E-state index is 13.1. The van der Waals surface area contributed by atoms with Gasteiger partial charge in [0, 0.05) is 56.8 Å². The number of carboxylic acids is 1. The predicted octanol–water partition coefficient (Wildman–Crippen LogP) is 5.92. The highest BCUT2D eigenvalue weighted by Gasteiger charge is 2.42. The lowest BCUT2D eigenvalue weighted by molar-refractivity contribution is 0.0693. The average molecular weight is 511 g/mol. The van der Waals surface area contributed by atoms with E-state index in [0.717, 1.165) is 48.2 Å². The van der Waals surface area contributed by atoms with Crippen molar-refractivity contribution in [2.24, 2.45) is 22.2 Å². The lowest BCUT2D eigenvalue weighted by Crippen LogP contribution is -2.31. The van der Waals surface area contributed by atoms with Gasteiger partial charge in [-0.2, -0.15) is 0 Å². The molecule has 3 unspecified atom stereocenters. The highest BCUT2D eigenvalue weighted by Crippen LogP contribution is 2.50. The molecule has 0 radical (unpaired) electrons. The molecule has 0 amide bonds. The van der Waals surface area contributed by atoms with Crippen LogP contribution in [0.2, 0.25) is 0 Å². The smallest absolute Gasteiger partial charge is 0.341 e. The van der Waals surface area contributed by atoms with E-state index < -0.39 is 11.4 Å². The van der Waals surface area contributed by atoms with Crippen molar-refractivity contribution in [3.63, 3.8) is 0 Å². The van der Waals surface area contributed by atoms with Crippen LogP contribution >= 0.6 is 0 Å². The quantitative estimate of drug-likeness (QED) is 0.395. The largest absolute Gasteiger partial charge is 0.491 e. The molecule has 0 saturated heterocycles. The van der Waals surface area contributed by atoms with E-state index in [1.165, 1.54) is 6.07 Å². The molecule has 3 rings (SSSR count). The first kappa shape index (κ1) is 28.6. The zero-order valence-electron chi connectivity index (χ0n) is 23.3. The van der Waals surface area contributed by atoms with E-state index in [0.29, 0.717) is 24.9 Å². The van der Waals surface area contributed by atoms with Crippen LogP contribution in [0.1, 0.15) is 82.4 Å². The second-order valence-corrected chi connectivity index (χ2v) is 10.9. The topological polar surface area (TPSA) is 90.1 Å². The van der Waals surface area contributed by atoms with Crippen LogP contribution in [-0.2, 0) is 9.47 Å². The maximum absolute atomic E-state index is 13.1. The molecule has 1 aromatic rings. The summed E-state index contributed by atoms with van der Waals surface area (Å²) in [6.07, 6.45) is 11.1. The van der Waals surface area contributed by atoms with Crippen LogP contribution in [0.25, 0.3) is 5.57 Å². The van der Waals surface area contributed by atoms with Gasteiger partial charge in [0.05, 0.1) is 6.61 Å². The van der Waals surface area contributed by atoms with Gasteiger partial charge in [-0.15, -0.1) is 0 Å². The number of ether oxygens (including phenoxy) is 2. The molecule has 1 aromatic heterocycles. The third-order valence-electron chi connectivity index (χ3n) is 7.84. The third kappa shape index (κ3) is 5.98. The zero-order valence-corrected chi connectivity index (χ0v) is 23.3. The number of aromatic nitrogens is 1. The van der Waals surface area contributed by atoms with Crippen molar-refractivity contribution < 1.29 is 19.4 Å². The lowest BCUT2D eigenvalue weighted by Gasteiger charge is -2.36. The summed E-state index contributed by atoms with van der Waals surface area (Å²) < 4.78 is 13.3. The predicted molar refractivity (Wildman–Crippen MR) is 148 cm³/mol. The van der Waals surface area contributed by atoms with E-state index >= 15 is 0 Å². The number of allylic oxidation sites excluding steroid dienone is 5. The Morgan fingerprint density at radius 3 is 2.62 bits per heavy atom. The van der Waals surface area contributed by atoms with Crippen LogP contribution in [0, 0.1) is 17.3 Å². The third-order valence-corrected chi connectivity index (χ3v) is 7.84. The Kier molecular flexibility index (Phi) is 9.35. The number of hydrogen-bond acceptors (Lipinski definition) is 5. The summed E-state index contributed by atoms with van der Waals surface area (Å²) in [6.45, 7) is 12.1. The maximum Gasteiger partial charge on any atom is 0.341 e. The number of methoxy groups -OCH3 is 1. The summed E-state index contributed by atoms with van der Waals surface area (Å²) in [5.41, 5.74) is 2.65. The van der Waals surface area contributed by atoms with Crippen molar-refractivity contribution in [3.05, 3.63) is 63.3 Å². The molecule has 37 heavy (non-hydrogen) atoms. The van der Waals surface area contributed by atoms with Crippen molar-refractivity contribution in [1.29, 1.82) is 0 Å². The van der Waals surface area contributed by atoms with Crippen LogP contribution in [0.3, 0.4) is 0 Å². The minimum atomic E-state index is -1.20. The van der Waals surface area contributed by atoms with E-state index in [4.69, 9.17) is 9.47 Å². The molecule has 1 fully saturated rings. The van der Waals surface area contributed by atoms with Gasteiger partial charge in [-0.1, -0.05) is 46.8 Å². The number of pyridine rings is 1. The molecule has 0 spiro atoms. The summed E-state index contributed by atoms with van der Waals surface area (Å²) >= 11 is 0. The van der Waals surface area contributed by atoms with Crippen LogP contribution in [0.4, 0.5) is 0 Å². The number of carboxylic acid groups (broad SMARTS) is 1. The van der Waals surface area contributed by atoms with Gasteiger partial charge in [-0.3, -0.25) is 9.79 Å². The molecule has 0 aliphatic heterocycles. The Morgan fingerprint density at radius 1 is 1.32 bits per heavy atom.